The summed E-state index contributed by atoms with van der Waals surface area (Å²) in [6.07, 6.45) is 0. The summed E-state index contributed by atoms with van der Waals surface area (Å²) in [5.74, 6) is 0.272. The molecule has 1 unspecified atom stereocenters. The van der Waals surface area contributed by atoms with Gasteiger partial charge in [0, 0.05) is 18.1 Å². The topological polar surface area (TPSA) is 88.2 Å². The summed E-state index contributed by atoms with van der Waals surface area (Å²) in [4.78, 5) is 40.7. The highest BCUT2D eigenvalue weighted by Crippen LogP contribution is 2.37. The van der Waals surface area contributed by atoms with Crippen molar-refractivity contribution in [1.82, 2.24) is 15.1 Å². The second kappa shape index (κ2) is 7.64. The second-order valence-corrected chi connectivity index (χ2v) is 8.31. The Morgan fingerprint density at radius 2 is 1.87 bits per heavy atom. The number of urea groups is 1. The van der Waals surface area contributed by atoms with Crippen molar-refractivity contribution in [3.8, 4) is 11.5 Å². The third-order valence-electron chi connectivity index (χ3n) is 5.28. The highest BCUT2D eigenvalue weighted by Gasteiger charge is 2.50. The molecule has 2 aromatic rings. The summed E-state index contributed by atoms with van der Waals surface area (Å²) in [6, 6.07) is 12.1. The van der Waals surface area contributed by atoms with Gasteiger partial charge in [-0.2, -0.15) is 0 Å². The Balaban J connectivity index is 1.47. The minimum atomic E-state index is -1.29. The summed E-state index contributed by atoms with van der Waals surface area (Å²) in [5, 5.41) is 2.70. The van der Waals surface area contributed by atoms with E-state index in [1.807, 2.05) is 24.3 Å². The largest absolute Gasteiger partial charge is 0.454 e. The lowest BCUT2D eigenvalue weighted by atomic mass is 9.91. The number of amides is 4. The van der Waals surface area contributed by atoms with Gasteiger partial charge in [-0.3, -0.25) is 14.5 Å². The van der Waals surface area contributed by atoms with E-state index in [-0.39, 0.29) is 19.2 Å². The number of nitrogens with zero attached hydrogens (tertiary/aromatic N) is 2. The number of carbonyl (C=O) groups is 3. The van der Waals surface area contributed by atoms with E-state index in [0.717, 1.165) is 14.9 Å². The molecule has 4 rings (SSSR count). The SMILES string of the molecule is CN(Cc1ccc(Br)cc1)C(=O)CN1C(=O)NC(C)(c2ccc3c(c2)OCO3)C1=O. The summed E-state index contributed by atoms with van der Waals surface area (Å²) < 4.78 is 11.6. The lowest BCUT2D eigenvalue weighted by Gasteiger charge is -2.23. The smallest absolute Gasteiger partial charge is 0.325 e. The molecule has 0 radical (unpaired) electrons. The number of rotatable bonds is 5. The zero-order valence-corrected chi connectivity index (χ0v) is 18.1. The number of fused-ring (bicyclic) bond motifs is 1. The average molecular weight is 474 g/mol. The number of carbonyl (C=O) groups excluding carboxylic acids is 3. The fraction of sp³-hybridized carbons (Fsp3) is 0.286. The molecule has 1 N–H and O–H groups in total. The highest BCUT2D eigenvalue weighted by molar-refractivity contribution is 9.10. The third-order valence-corrected chi connectivity index (χ3v) is 5.81. The van der Waals surface area contributed by atoms with Gasteiger partial charge in [0.2, 0.25) is 12.7 Å². The van der Waals surface area contributed by atoms with Crippen molar-refractivity contribution in [3.63, 3.8) is 0 Å². The van der Waals surface area contributed by atoms with Crippen LogP contribution in [0.4, 0.5) is 4.79 Å². The molecule has 1 saturated heterocycles. The van der Waals surface area contributed by atoms with Gasteiger partial charge in [-0.15, -0.1) is 0 Å². The van der Waals surface area contributed by atoms with Gasteiger partial charge >= 0.3 is 6.03 Å². The van der Waals surface area contributed by atoms with E-state index in [9.17, 15) is 14.4 Å². The van der Waals surface area contributed by atoms with Gasteiger partial charge in [-0.25, -0.2) is 4.79 Å². The van der Waals surface area contributed by atoms with Crippen LogP contribution >= 0.6 is 15.9 Å². The first-order chi connectivity index (χ1) is 14.3. The molecule has 156 valence electrons. The molecule has 2 heterocycles. The summed E-state index contributed by atoms with van der Waals surface area (Å²) in [6.45, 7) is 1.76. The van der Waals surface area contributed by atoms with Crippen LogP contribution in [0.1, 0.15) is 18.1 Å². The number of hydrogen-bond acceptors (Lipinski definition) is 5. The van der Waals surface area contributed by atoms with Crippen molar-refractivity contribution in [2.45, 2.75) is 19.0 Å². The molecule has 0 spiro atoms. The zero-order valence-electron chi connectivity index (χ0n) is 16.5. The molecule has 0 aromatic heterocycles. The number of benzene rings is 2. The van der Waals surface area contributed by atoms with Crippen LogP contribution in [0.3, 0.4) is 0 Å². The summed E-state index contributed by atoms with van der Waals surface area (Å²) in [5.41, 5.74) is 0.211. The predicted molar refractivity (Wildman–Crippen MR) is 111 cm³/mol. The molecule has 2 aromatic carbocycles. The first kappa shape index (κ1) is 20.2. The van der Waals surface area contributed by atoms with Crippen LogP contribution in [0.5, 0.6) is 11.5 Å². The molecule has 0 saturated carbocycles. The third kappa shape index (κ3) is 3.60. The van der Waals surface area contributed by atoms with E-state index >= 15 is 0 Å². The molecule has 2 aliphatic rings. The fourth-order valence-electron chi connectivity index (χ4n) is 3.45. The van der Waals surface area contributed by atoms with Crippen LogP contribution in [0, 0.1) is 0 Å². The van der Waals surface area contributed by atoms with Gasteiger partial charge in [0.05, 0.1) is 0 Å². The standard InChI is InChI=1S/C21H20BrN3O5/c1-21(14-5-8-16-17(9-14)30-12-29-16)19(27)25(20(28)23-21)11-18(26)24(2)10-13-3-6-15(22)7-4-13/h3-9H,10-12H2,1-2H3,(H,23,28). The van der Waals surface area contributed by atoms with Gasteiger partial charge in [-0.05, 0) is 42.3 Å². The lowest BCUT2D eigenvalue weighted by Crippen LogP contribution is -2.43. The Morgan fingerprint density at radius 3 is 2.60 bits per heavy atom. The number of imide groups is 1. The first-order valence-electron chi connectivity index (χ1n) is 9.30. The maximum absolute atomic E-state index is 13.1. The monoisotopic (exact) mass is 473 g/mol. The Bertz CT molecular complexity index is 1030. The van der Waals surface area contributed by atoms with E-state index < -0.39 is 17.5 Å². The quantitative estimate of drug-likeness (QED) is 0.674. The average Bonchev–Trinajstić information content (AvgIpc) is 3.28. The Hall–Kier alpha value is -3.07. The molecule has 0 aliphatic carbocycles. The van der Waals surface area contributed by atoms with Crippen molar-refractivity contribution in [1.29, 1.82) is 0 Å². The number of hydrogen-bond donors (Lipinski definition) is 1. The molecule has 30 heavy (non-hydrogen) atoms. The number of likely N-dealkylation sites (N-methyl/N-ethyl adjacent to an activating group) is 1. The lowest BCUT2D eigenvalue weighted by molar-refractivity contribution is -0.138. The molecule has 0 bridgehead atoms. The second-order valence-electron chi connectivity index (χ2n) is 7.39. The zero-order chi connectivity index (χ0) is 21.5. The molecule has 2 aliphatic heterocycles. The first-order valence-corrected chi connectivity index (χ1v) is 10.1. The van der Waals surface area contributed by atoms with Gasteiger partial charge in [0.1, 0.15) is 12.1 Å². The number of ether oxygens (including phenoxy) is 2. The normalized spacial score (nSPS) is 19.8. The van der Waals surface area contributed by atoms with Crippen molar-refractivity contribution in [2.24, 2.45) is 0 Å². The van der Waals surface area contributed by atoms with Crippen LogP contribution in [0.2, 0.25) is 0 Å². The van der Waals surface area contributed by atoms with E-state index in [2.05, 4.69) is 21.2 Å². The molecule has 4 amide bonds. The maximum atomic E-state index is 13.1. The van der Waals surface area contributed by atoms with E-state index in [0.29, 0.717) is 23.6 Å². The van der Waals surface area contributed by atoms with Gasteiger partial charge < -0.3 is 19.7 Å². The Morgan fingerprint density at radius 1 is 1.17 bits per heavy atom. The van der Waals surface area contributed by atoms with Crippen LogP contribution in [-0.2, 0) is 21.7 Å². The van der Waals surface area contributed by atoms with Crippen LogP contribution in [0.15, 0.2) is 46.9 Å². The van der Waals surface area contributed by atoms with Crippen LogP contribution < -0.4 is 14.8 Å². The van der Waals surface area contributed by atoms with Crippen molar-refractivity contribution in [2.75, 3.05) is 20.4 Å². The summed E-state index contributed by atoms with van der Waals surface area (Å²) >= 11 is 3.37. The molecular weight excluding hydrogens is 454 g/mol. The Kier molecular flexibility index (Phi) is 5.15. The van der Waals surface area contributed by atoms with Gasteiger partial charge in [-0.1, -0.05) is 34.1 Å². The minimum absolute atomic E-state index is 0.112. The fourth-order valence-corrected chi connectivity index (χ4v) is 3.72. The molecule has 8 nitrogen and oxygen atoms in total. The Labute approximate surface area is 181 Å². The van der Waals surface area contributed by atoms with Crippen LogP contribution in [-0.4, -0.2) is 48.0 Å². The summed E-state index contributed by atoms with van der Waals surface area (Å²) in [7, 11) is 1.64. The van der Waals surface area contributed by atoms with Crippen molar-refractivity contribution in [3.05, 3.63) is 58.1 Å². The minimum Gasteiger partial charge on any atom is -0.454 e. The number of halogens is 1. The van der Waals surface area contributed by atoms with Crippen molar-refractivity contribution >= 4 is 33.8 Å². The van der Waals surface area contributed by atoms with E-state index in [1.165, 1.54) is 4.90 Å². The molecule has 1 atom stereocenters. The van der Waals surface area contributed by atoms with E-state index in [4.69, 9.17) is 9.47 Å². The predicted octanol–water partition coefficient (Wildman–Crippen LogP) is 2.60. The molecular formula is C21H20BrN3O5. The molecule has 1 fully saturated rings. The number of nitrogens with one attached hydrogen (secondary N) is 1. The van der Waals surface area contributed by atoms with Gasteiger partial charge in [0.15, 0.2) is 11.5 Å². The van der Waals surface area contributed by atoms with Crippen LogP contribution in [0.25, 0.3) is 0 Å². The van der Waals surface area contributed by atoms with Crippen molar-refractivity contribution < 1.29 is 23.9 Å². The molecule has 9 heteroatoms. The van der Waals surface area contributed by atoms with E-state index in [1.54, 1.807) is 32.2 Å². The highest BCUT2D eigenvalue weighted by atomic mass is 79.9. The van der Waals surface area contributed by atoms with Gasteiger partial charge in [0.25, 0.3) is 5.91 Å². The maximum Gasteiger partial charge on any atom is 0.325 e.